The smallest absolute Gasteiger partial charge is 0.349 e. The summed E-state index contributed by atoms with van der Waals surface area (Å²) in [5, 5.41) is 15.5. The second kappa shape index (κ2) is 5.70. The summed E-state index contributed by atoms with van der Waals surface area (Å²) in [5.74, 6) is -0.593. The highest BCUT2D eigenvalue weighted by molar-refractivity contribution is 6.34. The molecule has 0 aromatic heterocycles. The number of rotatable bonds is 6. The van der Waals surface area contributed by atoms with E-state index in [2.05, 4.69) is 13.8 Å². The lowest BCUT2D eigenvalue weighted by Crippen LogP contribution is -2.27. The molecule has 0 amide bonds. The zero-order chi connectivity index (χ0) is 10.4. The molecule has 0 bridgehead atoms. The second-order valence-electron chi connectivity index (χ2n) is 3.72. The fraction of sp³-hybridized carbons (Fsp3) is 0.778. The topological polar surface area (TPSA) is 87.2 Å². The molecule has 4 heteroatoms. The van der Waals surface area contributed by atoms with Crippen LogP contribution >= 0.6 is 0 Å². The van der Waals surface area contributed by atoms with Gasteiger partial charge in [-0.15, -0.1) is 0 Å². The van der Waals surface area contributed by atoms with Crippen LogP contribution in [0.1, 0.15) is 33.1 Å². The van der Waals surface area contributed by atoms with Crippen molar-refractivity contribution < 1.29 is 9.90 Å². The Hall–Kier alpha value is -0.900. The Kier molecular flexibility index (Phi) is 5.30. The highest BCUT2D eigenvalue weighted by Gasteiger charge is 2.12. The van der Waals surface area contributed by atoms with E-state index in [1.54, 1.807) is 0 Å². The predicted molar refractivity (Wildman–Crippen MR) is 52.0 cm³/mol. The number of nitrogens with one attached hydrogen (secondary N) is 1. The SMILES string of the molecule is CC(C)CCC(N)CC(=N)C(=O)O. The first-order valence-electron chi connectivity index (χ1n) is 4.49. The molecule has 4 N–H and O–H groups in total. The molecule has 1 unspecified atom stereocenters. The van der Waals surface area contributed by atoms with E-state index in [0.29, 0.717) is 5.92 Å². The molecule has 0 aromatic carbocycles. The fourth-order valence-electron chi connectivity index (χ4n) is 0.999. The average molecular weight is 186 g/mol. The van der Waals surface area contributed by atoms with Gasteiger partial charge in [0, 0.05) is 12.5 Å². The van der Waals surface area contributed by atoms with E-state index in [4.69, 9.17) is 16.2 Å². The summed E-state index contributed by atoms with van der Waals surface area (Å²) in [6.45, 7) is 4.18. The molecule has 0 heterocycles. The van der Waals surface area contributed by atoms with Gasteiger partial charge in [-0.3, -0.25) is 5.41 Å². The first-order valence-corrected chi connectivity index (χ1v) is 4.49. The molecule has 1 atom stereocenters. The van der Waals surface area contributed by atoms with Gasteiger partial charge in [0.1, 0.15) is 5.71 Å². The Morgan fingerprint density at radius 2 is 2.00 bits per heavy atom. The minimum absolute atomic E-state index is 0.169. The summed E-state index contributed by atoms with van der Waals surface area (Å²) in [5.41, 5.74) is 5.36. The van der Waals surface area contributed by atoms with Crippen LogP contribution in [0.4, 0.5) is 0 Å². The van der Waals surface area contributed by atoms with E-state index in [1.807, 2.05) is 0 Å². The van der Waals surface area contributed by atoms with Crippen molar-refractivity contribution >= 4 is 11.7 Å². The molecule has 0 aliphatic carbocycles. The van der Waals surface area contributed by atoms with Crippen molar-refractivity contribution in [3.63, 3.8) is 0 Å². The molecule has 0 rings (SSSR count). The highest BCUT2D eigenvalue weighted by Crippen LogP contribution is 2.07. The largest absolute Gasteiger partial charge is 0.477 e. The van der Waals surface area contributed by atoms with Crippen molar-refractivity contribution in [3.8, 4) is 0 Å². The number of carboxylic acid groups (broad SMARTS) is 1. The summed E-state index contributed by atoms with van der Waals surface area (Å²) in [7, 11) is 0. The van der Waals surface area contributed by atoms with E-state index >= 15 is 0 Å². The van der Waals surface area contributed by atoms with Crippen LogP contribution in [-0.2, 0) is 4.79 Å². The van der Waals surface area contributed by atoms with Crippen LogP contribution in [0.25, 0.3) is 0 Å². The Balaban J connectivity index is 3.68. The summed E-state index contributed by atoms with van der Waals surface area (Å²) >= 11 is 0. The van der Waals surface area contributed by atoms with Crippen molar-refractivity contribution in [3.05, 3.63) is 0 Å². The number of hydrogen-bond acceptors (Lipinski definition) is 3. The van der Waals surface area contributed by atoms with Gasteiger partial charge in [-0.05, 0) is 18.8 Å². The van der Waals surface area contributed by atoms with Gasteiger partial charge < -0.3 is 10.8 Å². The maximum absolute atomic E-state index is 10.3. The van der Waals surface area contributed by atoms with E-state index in [1.165, 1.54) is 0 Å². The normalized spacial score (nSPS) is 12.9. The molecular formula is C9H18N2O2. The van der Waals surface area contributed by atoms with Crippen LogP contribution < -0.4 is 5.73 Å². The third-order valence-corrected chi connectivity index (χ3v) is 1.84. The van der Waals surface area contributed by atoms with E-state index in [9.17, 15) is 4.79 Å². The molecule has 0 aliphatic rings. The van der Waals surface area contributed by atoms with Crippen molar-refractivity contribution in [2.24, 2.45) is 11.7 Å². The Morgan fingerprint density at radius 3 is 2.38 bits per heavy atom. The van der Waals surface area contributed by atoms with Gasteiger partial charge in [-0.25, -0.2) is 4.79 Å². The monoisotopic (exact) mass is 186 g/mol. The minimum Gasteiger partial charge on any atom is -0.477 e. The van der Waals surface area contributed by atoms with Gasteiger partial charge in [0.15, 0.2) is 0 Å². The zero-order valence-electron chi connectivity index (χ0n) is 8.21. The predicted octanol–water partition coefficient (Wildman–Crippen LogP) is 1.24. The average Bonchev–Trinajstić information content (AvgIpc) is 2.00. The number of nitrogens with two attached hydrogens (primary N) is 1. The zero-order valence-corrected chi connectivity index (χ0v) is 8.21. The molecular weight excluding hydrogens is 168 g/mol. The summed E-state index contributed by atoms with van der Waals surface area (Å²) in [4.78, 5) is 10.3. The highest BCUT2D eigenvalue weighted by atomic mass is 16.4. The van der Waals surface area contributed by atoms with Crippen molar-refractivity contribution in [1.29, 1.82) is 5.41 Å². The number of carbonyl (C=O) groups is 1. The first kappa shape index (κ1) is 12.1. The van der Waals surface area contributed by atoms with Crippen LogP contribution in [0, 0.1) is 11.3 Å². The van der Waals surface area contributed by atoms with Crippen molar-refractivity contribution in [1.82, 2.24) is 0 Å². The molecule has 0 saturated carbocycles. The summed E-state index contributed by atoms with van der Waals surface area (Å²) in [6, 6.07) is -0.189. The van der Waals surface area contributed by atoms with Crippen LogP contribution in [0.15, 0.2) is 0 Å². The lowest BCUT2D eigenvalue weighted by Gasteiger charge is -2.11. The number of carboxylic acids is 1. The lowest BCUT2D eigenvalue weighted by atomic mass is 10.0. The second-order valence-corrected chi connectivity index (χ2v) is 3.72. The van der Waals surface area contributed by atoms with Crippen molar-refractivity contribution in [2.45, 2.75) is 39.2 Å². The molecule has 0 fully saturated rings. The lowest BCUT2D eigenvalue weighted by molar-refractivity contribution is -0.129. The maximum Gasteiger partial charge on any atom is 0.349 e. The van der Waals surface area contributed by atoms with Crippen LogP contribution in [0.2, 0.25) is 0 Å². The van der Waals surface area contributed by atoms with Gasteiger partial charge in [-0.2, -0.15) is 0 Å². The van der Waals surface area contributed by atoms with Gasteiger partial charge in [-0.1, -0.05) is 13.8 Å². The Labute approximate surface area is 78.6 Å². The van der Waals surface area contributed by atoms with Gasteiger partial charge in [0.2, 0.25) is 0 Å². The summed E-state index contributed by atoms with van der Waals surface area (Å²) in [6.07, 6.45) is 1.93. The van der Waals surface area contributed by atoms with Crippen LogP contribution in [0.3, 0.4) is 0 Å². The minimum atomic E-state index is -1.17. The molecule has 0 radical (unpaired) electrons. The van der Waals surface area contributed by atoms with E-state index in [-0.39, 0.29) is 18.2 Å². The molecule has 4 nitrogen and oxygen atoms in total. The Bertz CT molecular complexity index is 190. The molecule has 0 saturated heterocycles. The van der Waals surface area contributed by atoms with Gasteiger partial charge in [0.25, 0.3) is 0 Å². The van der Waals surface area contributed by atoms with E-state index < -0.39 is 5.97 Å². The molecule has 0 aromatic rings. The van der Waals surface area contributed by atoms with Gasteiger partial charge in [0.05, 0.1) is 0 Å². The van der Waals surface area contributed by atoms with Gasteiger partial charge >= 0.3 is 5.97 Å². The number of aliphatic carboxylic acids is 1. The molecule has 0 aliphatic heterocycles. The van der Waals surface area contributed by atoms with Crippen LogP contribution in [-0.4, -0.2) is 22.8 Å². The number of hydrogen-bond donors (Lipinski definition) is 3. The molecule has 13 heavy (non-hydrogen) atoms. The van der Waals surface area contributed by atoms with E-state index in [0.717, 1.165) is 12.8 Å². The first-order chi connectivity index (χ1) is 5.93. The third kappa shape index (κ3) is 6.28. The fourth-order valence-corrected chi connectivity index (χ4v) is 0.999. The standard InChI is InChI=1S/C9H18N2O2/c1-6(2)3-4-7(10)5-8(11)9(12)13/h6-7,11H,3-5,10H2,1-2H3,(H,12,13). The molecule has 76 valence electrons. The summed E-state index contributed by atoms with van der Waals surface area (Å²) < 4.78 is 0. The van der Waals surface area contributed by atoms with Crippen molar-refractivity contribution in [2.75, 3.05) is 0 Å². The maximum atomic E-state index is 10.3. The third-order valence-electron chi connectivity index (χ3n) is 1.84. The van der Waals surface area contributed by atoms with Crippen LogP contribution in [0.5, 0.6) is 0 Å². The Morgan fingerprint density at radius 1 is 1.46 bits per heavy atom. The molecule has 0 spiro atoms. The quantitative estimate of drug-likeness (QED) is 0.545.